The van der Waals surface area contributed by atoms with Crippen LogP contribution in [-0.4, -0.2) is 32.2 Å². The Morgan fingerprint density at radius 3 is 2.62 bits per heavy atom. The van der Waals surface area contributed by atoms with Gasteiger partial charge in [0.2, 0.25) is 5.95 Å². The van der Waals surface area contributed by atoms with Crippen molar-refractivity contribution in [2.24, 2.45) is 7.05 Å². The van der Waals surface area contributed by atoms with Gasteiger partial charge in [0.15, 0.2) is 11.2 Å². The van der Waals surface area contributed by atoms with Gasteiger partial charge in [0.25, 0.3) is 5.56 Å². The van der Waals surface area contributed by atoms with Crippen molar-refractivity contribution >= 4 is 17.1 Å². The zero-order valence-electron chi connectivity index (χ0n) is 14.5. The van der Waals surface area contributed by atoms with Gasteiger partial charge in [-0.2, -0.15) is 4.98 Å². The van der Waals surface area contributed by atoms with Gasteiger partial charge in [-0.1, -0.05) is 18.2 Å². The lowest BCUT2D eigenvalue weighted by Crippen LogP contribution is -2.32. The predicted octanol–water partition coefficient (Wildman–Crippen LogP) is 1.60. The molecule has 1 aromatic carbocycles. The molecule has 0 amide bonds. The third kappa shape index (κ3) is 2.71. The van der Waals surface area contributed by atoms with E-state index in [0.717, 1.165) is 32.4 Å². The van der Waals surface area contributed by atoms with Crippen molar-refractivity contribution in [2.45, 2.75) is 25.8 Å². The molecule has 3 heterocycles. The van der Waals surface area contributed by atoms with Gasteiger partial charge in [-0.15, -0.1) is 0 Å². The van der Waals surface area contributed by atoms with Crippen molar-refractivity contribution in [3.63, 3.8) is 0 Å². The molecule has 1 saturated heterocycles. The minimum atomic E-state index is -0.511. The fourth-order valence-corrected chi connectivity index (χ4v) is 3.51. The summed E-state index contributed by atoms with van der Waals surface area (Å²) in [6.45, 7) is 1.83. The third-order valence-electron chi connectivity index (χ3n) is 4.91. The third-order valence-corrected chi connectivity index (χ3v) is 4.91. The minimum absolute atomic E-state index is 0.177. The van der Waals surface area contributed by atoms with Gasteiger partial charge in [-0.3, -0.25) is 18.9 Å². The number of nitrogens with one attached hydrogen (secondary N) is 1. The molecular formula is C18H20FN5O2. The first-order valence-corrected chi connectivity index (χ1v) is 8.74. The van der Waals surface area contributed by atoms with Crippen LogP contribution in [-0.2, 0) is 13.6 Å². The smallest absolute Gasteiger partial charge is 0.329 e. The normalized spacial score (nSPS) is 14.9. The monoisotopic (exact) mass is 357 g/mol. The molecule has 1 aliphatic heterocycles. The molecule has 3 aromatic rings. The molecule has 1 N–H and O–H groups in total. The van der Waals surface area contributed by atoms with Gasteiger partial charge in [-0.05, 0) is 25.3 Å². The molecule has 7 nitrogen and oxygen atoms in total. The first-order chi connectivity index (χ1) is 12.6. The van der Waals surface area contributed by atoms with Crippen LogP contribution in [0.2, 0.25) is 0 Å². The molecule has 0 aliphatic carbocycles. The summed E-state index contributed by atoms with van der Waals surface area (Å²) in [5.74, 6) is 0.273. The lowest BCUT2D eigenvalue weighted by atomic mass is 10.1. The van der Waals surface area contributed by atoms with Crippen molar-refractivity contribution < 1.29 is 4.39 Å². The number of anilines is 1. The molecule has 0 spiro atoms. The fourth-order valence-electron chi connectivity index (χ4n) is 3.51. The molecule has 0 bridgehead atoms. The molecule has 0 saturated carbocycles. The van der Waals surface area contributed by atoms with Crippen molar-refractivity contribution in [3.8, 4) is 0 Å². The number of aromatic nitrogens is 4. The molecule has 26 heavy (non-hydrogen) atoms. The number of piperidine rings is 1. The van der Waals surface area contributed by atoms with E-state index in [-0.39, 0.29) is 17.9 Å². The Morgan fingerprint density at radius 1 is 1.15 bits per heavy atom. The van der Waals surface area contributed by atoms with Crippen molar-refractivity contribution in [2.75, 3.05) is 18.0 Å². The lowest BCUT2D eigenvalue weighted by Gasteiger charge is -2.28. The molecule has 1 aliphatic rings. The predicted molar refractivity (Wildman–Crippen MR) is 97.2 cm³/mol. The first-order valence-electron chi connectivity index (χ1n) is 8.74. The Labute approximate surface area is 148 Å². The van der Waals surface area contributed by atoms with Crippen LogP contribution in [0.25, 0.3) is 11.2 Å². The molecule has 2 aromatic heterocycles. The number of H-pyrrole nitrogens is 1. The number of hydrogen-bond donors (Lipinski definition) is 1. The number of aryl methyl sites for hydroxylation is 1. The van der Waals surface area contributed by atoms with E-state index in [0.29, 0.717) is 17.2 Å². The van der Waals surface area contributed by atoms with Gasteiger partial charge in [0.05, 0.1) is 6.54 Å². The first kappa shape index (κ1) is 16.6. The molecule has 136 valence electrons. The van der Waals surface area contributed by atoms with E-state index in [4.69, 9.17) is 0 Å². The maximum atomic E-state index is 14.2. The standard InChI is InChI=1S/C18H20FN5O2/c1-22-15-14(16(25)21-18(22)26)24(11-12-7-3-4-8-13(12)19)17(20-15)23-9-5-2-6-10-23/h3-4,7-8H,2,5-6,9-11H2,1H3,(H,21,25,26). The Morgan fingerprint density at radius 2 is 1.88 bits per heavy atom. The maximum Gasteiger partial charge on any atom is 0.329 e. The van der Waals surface area contributed by atoms with E-state index in [1.807, 2.05) is 0 Å². The lowest BCUT2D eigenvalue weighted by molar-refractivity contribution is 0.556. The zero-order chi connectivity index (χ0) is 18.3. The Bertz CT molecular complexity index is 1080. The van der Waals surface area contributed by atoms with Crippen LogP contribution >= 0.6 is 0 Å². The fraction of sp³-hybridized carbons (Fsp3) is 0.389. The second-order valence-electron chi connectivity index (χ2n) is 6.63. The molecule has 0 unspecified atom stereocenters. The van der Waals surface area contributed by atoms with Gasteiger partial charge < -0.3 is 4.90 Å². The van der Waals surface area contributed by atoms with E-state index >= 15 is 0 Å². The van der Waals surface area contributed by atoms with E-state index in [9.17, 15) is 14.0 Å². The number of rotatable bonds is 3. The summed E-state index contributed by atoms with van der Waals surface area (Å²) in [7, 11) is 1.57. The summed E-state index contributed by atoms with van der Waals surface area (Å²) in [6, 6.07) is 6.48. The van der Waals surface area contributed by atoms with Crippen molar-refractivity contribution in [1.29, 1.82) is 0 Å². The van der Waals surface area contributed by atoms with Crippen LogP contribution in [0.15, 0.2) is 33.9 Å². The minimum Gasteiger partial charge on any atom is -0.342 e. The highest BCUT2D eigenvalue weighted by molar-refractivity contribution is 5.74. The number of halogens is 1. The van der Waals surface area contributed by atoms with Crippen LogP contribution in [0.5, 0.6) is 0 Å². The number of benzene rings is 1. The molecule has 1 fully saturated rings. The van der Waals surface area contributed by atoms with Gasteiger partial charge in [0, 0.05) is 25.7 Å². The van der Waals surface area contributed by atoms with E-state index in [2.05, 4.69) is 14.9 Å². The maximum absolute atomic E-state index is 14.2. The number of fused-ring (bicyclic) bond motifs is 1. The number of nitrogens with zero attached hydrogens (tertiary/aromatic N) is 4. The molecule has 0 atom stereocenters. The zero-order valence-corrected chi connectivity index (χ0v) is 14.5. The van der Waals surface area contributed by atoms with Crippen LogP contribution < -0.4 is 16.1 Å². The summed E-state index contributed by atoms with van der Waals surface area (Å²) >= 11 is 0. The summed E-state index contributed by atoms with van der Waals surface area (Å²) in [6.07, 6.45) is 3.24. The molecule has 4 rings (SSSR count). The highest BCUT2D eigenvalue weighted by atomic mass is 19.1. The molecular weight excluding hydrogens is 337 g/mol. The van der Waals surface area contributed by atoms with Crippen molar-refractivity contribution in [1.82, 2.24) is 19.1 Å². The second-order valence-corrected chi connectivity index (χ2v) is 6.63. The average molecular weight is 357 g/mol. The van der Waals surface area contributed by atoms with E-state index in [1.54, 1.807) is 29.8 Å². The van der Waals surface area contributed by atoms with E-state index < -0.39 is 11.2 Å². The van der Waals surface area contributed by atoms with Crippen LogP contribution in [0.4, 0.5) is 10.3 Å². The van der Waals surface area contributed by atoms with E-state index in [1.165, 1.54) is 10.6 Å². The summed E-state index contributed by atoms with van der Waals surface area (Å²) < 4.78 is 17.3. The highest BCUT2D eigenvalue weighted by Gasteiger charge is 2.23. The number of aromatic amines is 1. The summed E-state index contributed by atoms with van der Waals surface area (Å²) in [5, 5.41) is 0. The Kier molecular flexibility index (Phi) is 4.10. The van der Waals surface area contributed by atoms with Gasteiger partial charge >= 0.3 is 5.69 Å². The number of hydrogen-bond acceptors (Lipinski definition) is 4. The van der Waals surface area contributed by atoms with Crippen molar-refractivity contribution in [3.05, 3.63) is 56.5 Å². The highest BCUT2D eigenvalue weighted by Crippen LogP contribution is 2.24. The largest absolute Gasteiger partial charge is 0.342 e. The van der Waals surface area contributed by atoms with Crippen LogP contribution in [0.1, 0.15) is 24.8 Å². The Balaban J connectivity index is 1.95. The topological polar surface area (TPSA) is 75.9 Å². The SMILES string of the molecule is Cn1c(=O)[nH]c(=O)c2c1nc(N1CCCCC1)n2Cc1ccccc1F. The average Bonchev–Trinajstić information content (AvgIpc) is 3.02. The molecule has 0 radical (unpaired) electrons. The number of imidazole rings is 1. The van der Waals surface area contributed by atoms with Gasteiger partial charge in [-0.25, -0.2) is 9.18 Å². The molecule has 8 heteroatoms. The van der Waals surface area contributed by atoms with Crippen LogP contribution in [0.3, 0.4) is 0 Å². The van der Waals surface area contributed by atoms with Crippen LogP contribution in [0, 0.1) is 5.82 Å². The summed E-state index contributed by atoms with van der Waals surface area (Å²) in [5.41, 5.74) is 0.0586. The Hall–Kier alpha value is -2.90. The quantitative estimate of drug-likeness (QED) is 0.773. The van der Waals surface area contributed by atoms with Gasteiger partial charge in [0.1, 0.15) is 5.82 Å². The second kappa shape index (κ2) is 6.44. The summed E-state index contributed by atoms with van der Waals surface area (Å²) in [4.78, 5) is 33.5.